The first-order valence-corrected chi connectivity index (χ1v) is 6.52. The minimum absolute atomic E-state index is 0.0536. The van der Waals surface area contributed by atoms with Gasteiger partial charge in [-0.1, -0.05) is 23.2 Å². The van der Waals surface area contributed by atoms with Gasteiger partial charge in [-0.2, -0.15) is 13.2 Å². The van der Waals surface area contributed by atoms with Crippen LogP contribution in [0.1, 0.15) is 0 Å². The number of rotatable bonds is 4. The molecule has 0 saturated carbocycles. The third-order valence-electron chi connectivity index (χ3n) is 2.59. The summed E-state index contributed by atoms with van der Waals surface area (Å²) in [7, 11) is 0. The van der Waals surface area contributed by atoms with Crippen molar-refractivity contribution in [1.82, 2.24) is 9.55 Å². The first-order valence-electron chi connectivity index (χ1n) is 5.76. The minimum atomic E-state index is -4.40. The Bertz CT molecular complexity index is 716. The van der Waals surface area contributed by atoms with E-state index in [9.17, 15) is 18.0 Å². The van der Waals surface area contributed by atoms with Crippen molar-refractivity contribution in [3.05, 3.63) is 38.9 Å². The van der Waals surface area contributed by atoms with Crippen molar-refractivity contribution in [2.24, 2.45) is 0 Å². The van der Waals surface area contributed by atoms with Gasteiger partial charge in [-0.25, -0.2) is 4.98 Å². The van der Waals surface area contributed by atoms with E-state index in [4.69, 9.17) is 23.2 Å². The summed E-state index contributed by atoms with van der Waals surface area (Å²) in [5, 5.41) is 0.707. The largest absolute Gasteiger partial charge is 0.411 e. The Kier molecular flexibility index (Phi) is 4.75. The van der Waals surface area contributed by atoms with Gasteiger partial charge < -0.3 is 4.74 Å². The molecule has 0 bridgehead atoms. The van der Waals surface area contributed by atoms with Gasteiger partial charge in [0.25, 0.3) is 5.56 Å². The van der Waals surface area contributed by atoms with Crippen LogP contribution < -0.4 is 5.56 Å². The van der Waals surface area contributed by atoms with E-state index in [0.717, 1.165) is 4.57 Å². The highest BCUT2D eigenvalue weighted by Crippen LogP contribution is 2.23. The van der Waals surface area contributed by atoms with E-state index in [-0.39, 0.29) is 28.6 Å². The van der Waals surface area contributed by atoms with E-state index in [1.54, 1.807) is 0 Å². The first kappa shape index (κ1) is 16.1. The maximum absolute atomic E-state index is 12.2. The monoisotopic (exact) mass is 340 g/mol. The summed E-state index contributed by atoms with van der Waals surface area (Å²) in [6.07, 6.45) is -3.19. The Hall–Kier alpha value is -1.31. The van der Waals surface area contributed by atoms with Crippen LogP contribution >= 0.6 is 23.2 Å². The summed E-state index contributed by atoms with van der Waals surface area (Å²) in [6.45, 7) is -1.68. The number of alkyl halides is 3. The van der Waals surface area contributed by atoms with Crippen molar-refractivity contribution < 1.29 is 17.9 Å². The number of hydrogen-bond acceptors (Lipinski definition) is 3. The Morgan fingerprint density at radius 1 is 1.29 bits per heavy atom. The van der Waals surface area contributed by atoms with Crippen LogP contribution in [0.5, 0.6) is 0 Å². The number of nitrogens with zero attached hydrogens (tertiary/aromatic N) is 2. The van der Waals surface area contributed by atoms with Gasteiger partial charge in [0.15, 0.2) is 0 Å². The number of hydrogen-bond donors (Lipinski definition) is 0. The Balaban J connectivity index is 2.19. The molecule has 0 aliphatic carbocycles. The van der Waals surface area contributed by atoms with E-state index in [1.165, 1.54) is 18.5 Å². The molecule has 0 unspecified atom stereocenters. The molecule has 1 aromatic carbocycles. The number of fused-ring (bicyclic) bond motifs is 1. The number of benzene rings is 1. The van der Waals surface area contributed by atoms with E-state index in [2.05, 4.69) is 9.72 Å². The van der Waals surface area contributed by atoms with Crippen LogP contribution in [0.4, 0.5) is 13.2 Å². The van der Waals surface area contributed by atoms with Crippen LogP contribution in [0, 0.1) is 0 Å². The molecule has 0 N–H and O–H groups in total. The van der Waals surface area contributed by atoms with E-state index in [0.29, 0.717) is 5.52 Å². The zero-order valence-electron chi connectivity index (χ0n) is 10.5. The topological polar surface area (TPSA) is 44.1 Å². The predicted molar refractivity (Wildman–Crippen MR) is 72.9 cm³/mol. The lowest BCUT2D eigenvalue weighted by Gasteiger charge is -2.09. The minimum Gasteiger partial charge on any atom is -0.370 e. The highest BCUT2D eigenvalue weighted by atomic mass is 35.5. The zero-order chi connectivity index (χ0) is 15.6. The van der Waals surface area contributed by atoms with Gasteiger partial charge in [-0.3, -0.25) is 9.36 Å². The average Bonchev–Trinajstić information content (AvgIpc) is 2.36. The van der Waals surface area contributed by atoms with Crippen LogP contribution in [-0.2, 0) is 11.3 Å². The maximum Gasteiger partial charge on any atom is 0.411 e. The predicted octanol–water partition coefficient (Wildman–Crippen LogP) is 3.28. The second-order valence-corrected chi connectivity index (χ2v) is 5.04. The van der Waals surface area contributed by atoms with Crippen molar-refractivity contribution in [2.45, 2.75) is 12.7 Å². The molecule has 1 heterocycles. The van der Waals surface area contributed by atoms with Crippen LogP contribution in [-0.4, -0.2) is 28.9 Å². The molecule has 0 aliphatic heterocycles. The summed E-state index contributed by atoms with van der Waals surface area (Å²) < 4.78 is 41.4. The van der Waals surface area contributed by atoms with E-state index in [1.807, 2.05) is 0 Å². The average molecular weight is 341 g/mol. The lowest BCUT2D eigenvalue weighted by Crippen LogP contribution is -2.25. The highest BCUT2D eigenvalue weighted by Gasteiger charge is 2.27. The molecular formula is C12H9Cl2F3N2O2. The molecule has 0 radical (unpaired) electrons. The molecule has 0 amide bonds. The summed E-state index contributed by atoms with van der Waals surface area (Å²) in [6, 6.07) is 2.86. The molecule has 0 spiro atoms. The Morgan fingerprint density at radius 3 is 2.67 bits per heavy atom. The van der Waals surface area contributed by atoms with Crippen LogP contribution in [0.15, 0.2) is 23.3 Å². The lowest BCUT2D eigenvalue weighted by atomic mass is 10.2. The molecule has 1 aromatic heterocycles. The van der Waals surface area contributed by atoms with Crippen molar-refractivity contribution in [3.8, 4) is 0 Å². The van der Waals surface area contributed by atoms with Gasteiger partial charge >= 0.3 is 6.18 Å². The summed E-state index contributed by atoms with van der Waals surface area (Å²) in [4.78, 5) is 16.2. The first-order chi connectivity index (χ1) is 9.78. The SMILES string of the molecule is O=c1c2cc(Cl)cc(Cl)c2ncn1CCOCC(F)(F)F. The molecule has 2 rings (SSSR count). The van der Waals surface area contributed by atoms with Crippen molar-refractivity contribution in [3.63, 3.8) is 0 Å². The fourth-order valence-corrected chi connectivity index (χ4v) is 2.25. The zero-order valence-corrected chi connectivity index (χ0v) is 12.0. The molecule has 4 nitrogen and oxygen atoms in total. The van der Waals surface area contributed by atoms with Gasteiger partial charge in [0.1, 0.15) is 6.61 Å². The van der Waals surface area contributed by atoms with Gasteiger partial charge in [0.2, 0.25) is 0 Å². The summed E-state index contributed by atoms with van der Waals surface area (Å²) in [5.74, 6) is 0. The molecule has 9 heteroatoms. The fraction of sp³-hybridized carbons (Fsp3) is 0.333. The molecular weight excluding hydrogens is 332 g/mol. The second-order valence-electron chi connectivity index (χ2n) is 4.19. The summed E-state index contributed by atoms with van der Waals surface area (Å²) in [5.41, 5.74) is -0.154. The van der Waals surface area contributed by atoms with Crippen molar-refractivity contribution >= 4 is 34.1 Å². The van der Waals surface area contributed by atoms with Crippen LogP contribution in [0.3, 0.4) is 0 Å². The highest BCUT2D eigenvalue weighted by molar-refractivity contribution is 6.38. The quantitative estimate of drug-likeness (QED) is 0.802. The number of aromatic nitrogens is 2. The standard InChI is InChI=1S/C12H9Cl2F3N2O2/c13-7-3-8-10(9(14)4-7)18-6-19(11(8)20)1-2-21-5-12(15,16)17/h3-4,6H,1-2,5H2. The van der Waals surface area contributed by atoms with E-state index >= 15 is 0 Å². The molecule has 0 atom stereocenters. The third kappa shape index (κ3) is 4.09. The third-order valence-corrected chi connectivity index (χ3v) is 3.09. The summed E-state index contributed by atoms with van der Waals surface area (Å²) >= 11 is 11.7. The number of ether oxygens (including phenoxy) is 1. The van der Waals surface area contributed by atoms with Gasteiger partial charge in [-0.15, -0.1) is 0 Å². The second kappa shape index (κ2) is 6.21. The van der Waals surface area contributed by atoms with Crippen LogP contribution in [0.25, 0.3) is 10.9 Å². The molecule has 0 aliphatic rings. The maximum atomic E-state index is 12.2. The van der Waals surface area contributed by atoms with Crippen molar-refractivity contribution in [2.75, 3.05) is 13.2 Å². The molecule has 114 valence electrons. The lowest BCUT2D eigenvalue weighted by molar-refractivity contribution is -0.174. The Morgan fingerprint density at radius 2 is 2.00 bits per heavy atom. The van der Waals surface area contributed by atoms with Gasteiger partial charge in [-0.05, 0) is 12.1 Å². The molecule has 0 fully saturated rings. The molecule has 21 heavy (non-hydrogen) atoms. The Labute approximate surface area is 127 Å². The number of halogens is 5. The smallest absolute Gasteiger partial charge is 0.370 e. The molecule has 2 aromatic rings. The van der Waals surface area contributed by atoms with Gasteiger partial charge in [0, 0.05) is 5.02 Å². The van der Waals surface area contributed by atoms with Crippen LogP contribution in [0.2, 0.25) is 10.0 Å². The normalized spacial score (nSPS) is 12.0. The van der Waals surface area contributed by atoms with Crippen molar-refractivity contribution in [1.29, 1.82) is 0 Å². The molecule has 0 saturated heterocycles. The fourth-order valence-electron chi connectivity index (χ4n) is 1.70. The van der Waals surface area contributed by atoms with E-state index < -0.39 is 18.3 Å². The van der Waals surface area contributed by atoms with Gasteiger partial charge in [0.05, 0.1) is 35.4 Å².